The Kier molecular flexibility index (Phi) is 2.87. The highest BCUT2D eigenvalue weighted by Crippen LogP contribution is 2.24. The first-order valence-corrected chi connectivity index (χ1v) is 5.52. The molecule has 0 fully saturated rings. The van der Waals surface area contributed by atoms with Gasteiger partial charge in [0.2, 0.25) is 0 Å². The van der Waals surface area contributed by atoms with Gasteiger partial charge in [0.05, 0.1) is 18.3 Å². The Morgan fingerprint density at radius 2 is 2.50 bits per heavy atom. The number of aromatic nitrogens is 2. The van der Waals surface area contributed by atoms with Crippen molar-refractivity contribution >= 4 is 0 Å². The SMILES string of the molecule is CCCc1cn2c(n1)CCCC2CO. The molecule has 78 valence electrons. The molecule has 1 aromatic heterocycles. The van der Waals surface area contributed by atoms with Gasteiger partial charge in [-0.15, -0.1) is 0 Å². The van der Waals surface area contributed by atoms with Crippen molar-refractivity contribution < 1.29 is 5.11 Å². The summed E-state index contributed by atoms with van der Waals surface area (Å²) in [6, 6.07) is 0.275. The molecule has 3 nitrogen and oxygen atoms in total. The predicted octanol–water partition coefficient (Wildman–Crippen LogP) is 1.71. The fraction of sp³-hybridized carbons (Fsp3) is 0.727. The molecule has 1 unspecified atom stereocenters. The fourth-order valence-electron chi connectivity index (χ4n) is 2.18. The zero-order chi connectivity index (χ0) is 9.97. The molecule has 1 aliphatic heterocycles. The minimum absolute atomic E-state index is 0.245. The van der Waals surface area contributed by atoms with E-state index >= 15 is 0 Å². The molecule has 14 heavy (non-hydrogen) atoms. The van der Waals surface area contributed by atoms with Gasteiger partial charge in [-0.05, 0) is 19.3 Å². The maximum Gasteiger partial charge on any atom is 0.109 e. The van der Waals surface area contributed by atoms with E-state index in [4.69, 9.17) is 0 Å². The standard InChI is InChI=1S/C11H18N2O/c1-2-4-9-7-13-10(8-14)5-3-6-11(13)12-9/h7,10,14H,2-6,8H2,1H3. The third-order valence-corrected chi connectivity index (χ3v) is 2.91. The molecule has 1 aromatic rings. The third-order valence-electron chi connectivity index (χ3n) is 2.91. The molecule has 0 aromatic carbocycles. The van der Waals surface area contributed by atoms with Crippen LogP contribution in [-0.2, 0) is 12.8 Å². The molecule has 0 saturated heterocycles. The largest absolute Gasteiger partial charge is 0.394 e. The Labute approximate surface area is 84.8 Å². The van der Waals surface area contributed by atoms with Gasteiger partial charge in [0.25, 0.3) is 0 Å². The van der Waals surface area contributed by atoms with Gasteiger partial charge in [-0.2, -0.15) is 0 Å². The van der Waals surface area contributed by atoms with Crippen LogP contribution in [-0.4, -0.2) is 21.3 Å². The number of hydrogen-bond donors (Lipinski definition) is 1. The minimum Gasteiger partial charge on any atom is -0.394 e. The van der Waals surface area contributed by atoms with Crippen LogP contribution in [0.5, 0.6) is 0 Å². The number of aliphatic hydroxyl groups excluding tert-OH is 1. The summed E-state index contributed by atoms with van der Waals surface area (Å²) in [5.74, 6) is 1.17. The summed E-state index contributed by atoms with van der Waals surface area (Å²) in [5.41, 5.74) is 1.18. The maximum atomic E-state index is 9.23. The fourth-order valence-corrected chi connectivity index (χ4v) is 2.18. The topological polar surface area (TPSA) is 38.0 Å². The molecule has 0 radical (unpaired) electrons. The lowest BCUT2D eigenvalue weighted by Crippen LogP contribution is -2.20. The number of rotatable bonds is 3. The average molecular weight is 194 g/mol. The first-order valence-electron chi connectivity index (χ1n) is 5.52. The van der Waals surface area contributed by atoms with Crippen molar-refractivity contribution in [3.63, 3.8) is 0 Å². The molecule has 1 atom stereocenters. The molecule has 0 spiro atoms. The summed E-state index contributed by atoms with van der Waals surface area (Å²) in [4.78, 5) is 4.59. The molecule has 0 amide bonds. The van der Waals surface area contributed by atoms with E-state index in [0.717, 1.165) is 32.1 Å². The van der Waals surface area contributed by atoms with Crippen molar-refractivity contribution in [3.05, 3.63) is 17.7 Å². The van der Waals surface area contributed by atoms with Crippen LogP contribution in [0.2, 0.25) is 0 Å². The normalized spacial score (nSPS) is 20.9. The Bertz CT molecular complexity index is 306. The molecule has 1 aliphatic rings. The summed E-state index contributed by atoms with van der Waals surface area (Å²) in [5, 5.41) is 9.23. The molecule has 0 bridgehead atoms. The highest BCUT2D eigenvalue weighted by atomic mass is 16.3. The second-order valence-electron chi connectivity index (χ2n) is 4.03. The molecule has 2 rings (SSSR count). The van der Waals surface area contributed by atoms with Crippen molar-refractivity contribution in [2.75, 3.05) is 6.61 Å². The summed E-state index contributed by atoms with van der Waals surface area (Å²) >= 11 is 0. The van der Waals surface area contributed by atoms with E-state index in [-0.39, 0.29) is 12.6 Å². The Morgan fingerprint density at radius 1 is 1.64 bits per heavy atom. The maximum absolute atomic E-state index is 9.23. The summed E-state index contributed by atoms with van der Waals surface area (Å²) in [6.07, 6.45) is 7.64. The molecule has 0 saturated carbocycles. The monoisotopic (exact) mass is 194 g/mol. The molecule has 3 heteroatoms. The highest BCUT2D eigenvalue weighted by Gasteiger charge is 2.20. The quantitative estimate of drug-likeness (QED) is 0.795. The van der Waals surface area contributed by atoms with Gasteiger partial charge < -0.3 is 9.67 Å². The lowest BCUT2D eigenvalue weighted by atomic mass is 10.1. The van der Waals surface area contributed by atoms with E-state index in [1.807, 2.05) is 0 Å². The third kappa shape index (κ3) is 1.69. The van der Waals surface area contributed by atoms with Crippen LogP contribution in [0.3, 0.4) is 0 Å². The lowest BCUT2D eigenvalue weighted by molar-refractivity contribution is 0.206. The molecule has 2 heterocycles. The van der Waals surface area contributed by atoms with Gasteiger partial charge >= 0.3 is 0 Å². The van der Waals surface area contributed by atoms with Gasteiger partial charge in [0.1, 0.15) is 5.82 Å². The van der Waals surface area contributed by atoms with Crippen LogP contribution in [0.15, 0.2) is 6.20 Å². The first-order chi connectivity index (χ1) is 6.85. The molecular weight excluding hydrogens is 176 g/mol. The molecule has 0 aliphatic carbocycles. The van der Waals surface area contributed by atoms with Gasteiger partial charge in [-0.1, -0.05) is 13.3 Å². The molecule has 1 N–H and O–H groups in total. The van der Waals surface area contributed by atoms with Crippen LogP contribution in [0.4, 0.5) is 0 Å². The summed E-state index contributed by atoms with van der Waals surface area (Å²) in [7, 11) is 0. The number of aliphatic hydroxyl groups is 1. The Balaban J connectivity index is 2.24. The Hall–Kier alpha value is -0.830. The molecular formula is C11H18N2O. The van der Waals surface area contributed by atoms with Crippen LogP contribution >= 0.6 is 0 Å². The highest BCUT2D eigenvalue weighted by molar-refractivity contribution is 5.08. The van der Waals surface area contributed by atoms with Crippen LogP contribution in [0.1, 0.15) is 43.7 Å². The van der Waals surface area contributed by atoms with Gasteiger partial charge in [0.15, 0.2) is 0 Å². The van der Waals surface area contributed by atoms with Crippen molar-refractivity contribution in [1.29, 1.82) is 0 Å². The first kappa shape index (κ1) is 9.71. The van der Waals surface area contributed by atoms with Crippen molar-refractivity contribution in [3.8, 4) is 0 Å². The number of imidazole rings is 1. The van der Waals surface area contributed by atoms with Crippen molar-refractivity contribution in [1.82, 2.24) is 9.55 Å². The van der Waals surface area contributed by atoms with E-state index in [1.165, 1.54) is 11.5 Å². The smallest absolute Gasteiger partial charge is 0.109 e. The lowest BCUT2D eigenvalue weighted by Gasteiger charge is -2.22. The zero-order valence-electron chi connectivity index (χ0n) is 8.74. The zero-order valence-corrected chi connectivity index (χ0v) is 8.74. The summed E-state index contributed by atoms with van der Waals surface area (Å²) < 4.78 is 2.18. The Morgan fingerprint density at radius 3 is 3.21 bits per heavy atom. The van der Waals surface area contributed by atoms with E-state index in [1.54, 1.807) is 0 Å². The average Bonchev–Trinajstić information content (AvgIpc) is 2.60. The van der Waals surface area contributed by atoms with Crippen molar-refractivity contribution in [2.45, 2.75) is 45.1 Å². The van der Waals surface area contributed by atoms with Crippen molar-refractivity contribution in [2.24, 2.45) is 0 Å². The summed E-state index contributed by atoms with van der Waals surface area (Å²) in [6.45, 7) is 2.41. The van der Waals surface area contributed by atoms with Crippen LogP contribution < -0.4 is 0 Å². The van der Waals surface area contributed by atoms with E-state index in [2.05, 4.69) is 22.7 Å². The number of nitrogens with zero attached hydrogens (tertiary/aromatic N) is 2. The minimum atomic E-state index is 0.245. The number of aryl methyl sites for hydroxylation is 2. The van der Waals surface area contributed by atoms with E-state index in [9.17, 15) is 5.11 Å². The van der Waals surface area contributed by atoms with Gasteiger partial charge in [-0.3, -0.25) is 0 Å². The van der Waals surface area contributed by atoms with Gasteiger partial charge in [0, 0.05) is 12.6 Å². The predicted molar refractivity (Wildman–Crippen MR) is 55.3 cm³/mol. The second kappa shape index (κ2) is 4.13. The van der Waals surface area contributed by atoms with Crippen LogP contribution in [0, 0.1) is 0 Å². The van der Waals surface area contributed by atoms with Gasteiger partial charge in [-0.25, -0.2) is 4.98 Å². The van der Waals surface area contributed by atoms with Crippen LogP contribution in [0.25, 0.3) is 0 Å². The van der Waals surface area contributed by atoms with E-state index < -0.39 is 0 Å². The number of fused-ring (bicyclic) bond motifs is 1. The second-order valence-corrected chi connectivity index (χ2v) is 4.03. The number of hydrogen-bond acceptors (Lipinski definition) is 2. The van der Waals surface area contributed by atoms with E-state index in [0.29, 0.717) is 0 Å².